The second kappa shape index (κ2) is 5.31. The van der Waals surface area contributed by atoms with E-state index in [1.807, 2.05) is 0 Å². The van der Waals surface area contributed by atoms with E-state index in [-0.39, 0.29) is 0 Å². The van der Waals surface area contributed by atoms with E-state index in [0.717, 1.165) is 24.4 Å². The van der Waals surface area contributed by atoms with E-state index >= 15 is 0 Å². The van der Waals surface area contributed by atoms with Gasteiger partial charge in [-0.2, -0.15) is 0 Å². The summed E-state index contributed by atoms with van der Waals surface area (Å²) in [5.74, 6) is 3.08. The lowest BCUT2D eigenvalue weighted by Crippen LogP contribution is -2.37. The van der Waals surface area contributed by atoms with Crippen molar-refractivity contribution in [2.24, 2.45) is 17.8 Å². The van der Waals surface area contributed by atoms with Gasteiger partial charge in [0.15, 0.2) is 0 Å². The van der Waals surface area contributed by atoms with Crippen molar-refractivity contribution in [3.05, 3.63) is 0 Å². The fourth-order valence-electron chi connectivity index (χ4n) is 3.47. The minimum atomic E-state index is 0.564. The Kier molecular flexibility index (Phi) is 4.04. The molecule has 88 valence electrons. The highest BCUT2D eigenvalue weighted by Gasteiger charge is 2.39. The molecule has 0 saturated heterocycles. The Hall–Kier alpha value is -0.0800. The maximum absolute atomic E-state index is 5.21. The fraction of sp³-hybridized carbons (Fsp3) is 1.00. The Bertz CT molecular complexity index is 195. The molecule has 2 nitrogen and oxygen atoms in total. The van der Waals surface area contributed by atoms with E-state index < -0.39 is 0 Å². The number of ether oxygens (including phenoxy) is 1. The molecule has 2 fully saturated rings. The summed E-state index contributed by atoms with van der Waals surface area (Å²) in [7, 11) is 1.79. The largest absolute Gasteiger partial charge is 0.383 e. The van der Waals surface area contributed by atoms with Crippen molar-refractivity contribution in [3.63, 3.8) is 0 Å². The molecule has 2 rings (SSSR count). The first-order valence-electron chi connectivity index (χ1n) is 6.55. The summed E-state index contributed by atoms with van der Waals surface area (Å²) in [6, 6.07) is 0.564. The van der Waals surface area contributed by atoms with Crippen molar-refractivity contribution in [1.82, 2.24) is 5.32 Å². The summed E-state index contributed by atoms with van der Waals surface area (Å²) >= 11 is 0. The summed E-state index contributed by atoms with van der Waals surface area (Å²) in [5.41, 5.74) is 0. The molecule has 1 N–H and O–H groups in total. The van der Waals surface area contributed by atoms with Gasteiger partial charge in [-0.25, -0.2) is 0 Å². The van der Waals surface area contributed by atoms with Crippen LogP contribution in [0.5, 0.6) is 0 Å². The molecule has 0 amide bonds. The Morgan fingerprint density at radius 2 is 2.20 bits per heavy atom. The summed E-state index contributed by atoms with van der Waals surface area (Å²) in [4.78, 5) is 0. The molecule has 0 aliphatic heterocycles. The number of nitrogens with one attached hydrogen (secondary N) is 1. The topological polar surface area (TPSA) is 21.3 Å². The molecule has 2 aliphatic carbocycles. The monoisotopic (exact) mass is 211 g/mol. The van der Waals surface area contributed by atoms with Crippen LogP contribution in [0.25, 0.3) is 0 Å². The average molecular weight is 211 g/mol. The number of rotatable bonds is 6. The minimum Gasteiger partial charge on any atom is -0.383 e. The number of methoxy groups -OCH3 is 1. The van der Waals surface area contributed by atoms with Gasteiger partial charge in [-0.15, -0.1) is 0 Å². The molecular weight excluding hydrogens is 186 g/mol. The van der Waals surface area contributed by atoms with Gasteiger partial charge in [0.05, 0.1) is 6.61 Å². The Morgan fingerprint density at radius 3 is 2.73 bits per heavy atom. The second-order valence-electron chi connectivity index (χ2n) is 5.40. The minimum absolute atomic E-state index is 0.564. The molecule has 2 heteroatoms. The molecule has 0 aromatic heterocycles. The van der Waals surface area contributed by atoms with Crippen LogP contribution in [-0.4, -0.2) is 26.3 Å². The molecule has 0 spiro atoms. The SMILES string of the molecule is CCC(COC)NCC1CC2CCC1C2. The third-order valence-electron chi connectivity index (χ3n) is 4.41. The average Bonchev–Trinajstić information content (AvgIpc) is 2.85. The van der Waals surface area contributed by atoms with Gasteiger partial charge >= 0.3 is 0 Å². The summed E-state index contributed by atoms with van der Waals surface area (Å²) < 4.78 is 5.21. The predicted molar refractivity (Wildman–Crippen MR) is 62.9 cm³/mol. The molecule has 0 heterocycles. The second-order valence-corrected chi connectivity index (χ2v) is 5.40. The van der Waals surface area contributed by atoms with Gasteiger partial charge in [0.1, 0.15) is 0 Å². The lowest BCUT2D eigenvalue weighted by Gasteiger charge is -2.25. The molecule has 4 atom stereocenters. The van der Waals surface area contributed by atoms with Gasteiger partial charge in [-0.05, 0) is 50.0 Å². The van der Waals surface area contributed by atoms with Gasteiger partial charge in [-0.3, -0.25) is 0 Å². The van der Waals surface area contributed by atoms with E-state index in [4.69, 9.17) is 4.74 Å². The third-order valence-corrected chi connectivity index (χ3v) is 4.41. The van der Waals surface area contributed by atoms with Crippen LogP contribution in [0.2, 0.25) is 0 Å². The number of hydrogen-bond donors (Lipinski definition) is 1. The van der Waals surface area contributed by atoms with E-state index in [1.54, 1.807) is 7.11 Å². The quantitative estimate of drug-likeness (QED) is 0.728. The lowest BCUT2D eigenvalue weighted by molar-refractivity contribution is 0.158. The third kappa shape index (κ3) is 2.73. The smallest absolute Gasteiger partial charge is 0.0615 e. The van der Waals surface area contributed by atoms with E-state index in [9.17, 15) is 0 Å². The van der Waals surface area contributed by atoms with Crippen molar-refractivity contribution < 1.29 is 4.74 Å². The fourth-order valence-corrected chi connectivity index (χ4v) is 3.47. The molecule has 4 unspecified atom stereocenters. The van der Waals surface area contributed by atoms with Crippen molar-refractivity contribution in [2.75, 3.05) is 20.3 Å². The molecule has 0 radical (unpaired) electrons. The first kappa shape index (κ1) is 11.4. The zero-order valence-electron chi connectivity index (χ0n) is 10.2. The van der Waals surface area contributed by atoms with Gasteiger partial charge in [-0.1, -0.05) is 13.3 Å². The standard InChI is InChI=1S/C13H25NO/c1-3-13(9-15-2)14-8-12-7-10-4-5-11(12)6-10/h10-14H,3-9H2,1-2H3. The number of fused-ring (bicyclic) bond motifs is 2. The molecule has 2 bridgehead atoms. The van der Waals surface area contributed by atoms with Crippen LogP contribution in [0.15, 0.2) is 0 Å². The molecule has 0 aromatic carbocycles. The predicted octanol–water partition coefficient (Wildman–Crippen LogP) is 2.44. The molecule has 2 saturated carbocycles. The van der Waals surface area contributed by atoms with Gasteiger partial charge in [0.2, 0.25) is 0 Å². The number of hydrogen-bond acceptors (Lipinski definition) is 2. The summed E-state index contributed by atoms with van der Waals surface area (Å²) in [6.45, 7) is 4.32. The van der Waals surface area contributed by atoms with E-state index in [1.165, 1.54) is 38.6 Å². The van der Waals surface area contributed by atoms with Crippen LogP contribution in [0.1, 0.15) is 39.0 Å². The van der Waals surface area contributed by atoms with Gasteiger partial charge in [0, 0.05) is 13.2 Å². The van der Waals surface area contributed by atoms with Crippen molar-refractivity contribution in [1.29, 1.82) is 0 Å². The molecule has 15 heavy (non-hydrogen) atoms. The normalized spacial score (nSPS) is 36.0. The highest BCUT2D eigenvalue weighted by atomic mass is 16.5. The first-order chi connectivity index (χ1) is 7.33. The molecular formula is C13H25NO. The van der Waals surface area contributed by atoms with Crippen LogP contribution < -0.4 is 5.32 Å². The Balaban J connectivity index is 1.69. The lowest BCUT2D eigenvalue weighted by atomic mass is 9.88. The van der Waals surface area contributed by atoms with Gasteiger partial charge in [0.25, 0.3) is 0 Å². The summed E-state index contributed by atoms with van der Waals surface area (Å²) in [5, 5.41) is 3.67. The van der Waals surface area contributed by atoms with Crippen molar-refractivity contribution in [2.45, 2.75) is 45.1 Å². The maximum Gasteiger partial charge on any atom is 0.0615 e. The highest BCUT2D eigenvalue weighted by Crippen LogP contribution is 2.47. The van der Waals surface area contributed by atoms with Crippen molar-refractivity contribution in [3.8, 4) is 0 Å². The van der Waals surface area contributed by atoms with Crippen LogP contribution in [0.4, 0.5) is 0 Å². The molecule has 0 aromatic rings. The van der Waals surface area contributed by atoms with Crippen LogP contribution in [0.3, 0.4) is 0 Å². The zero-order valence-corrected chi connectivity index (χ0v) is 10.2. The highest BCUT2D eigenvalue weighted by molar-refractivity contribution is 4.91. The molecule has 2 aliphatic rings. The maximum atomic E-state index is 5.21. The van der Waals surface area contributed by atoms with Crippen LogP contribution >= 0.6 is 0 Å². The first-order valence-corrected chi connectivity index (χ1v) is 6.55. The van der Waals surface area contributed by atoms with E-state index in [2.05, 4.69) is 12.2 Å². The van der Waals surface area contributed by atoms with Crippen LogP contribution in [-0.2, 0) is 4.74 Å². The van der Waals surface area contributed by atoms with E-state index in [0.29, 0.717) is 6.04 Å². The van der Waals surface area contributed by atoms with Crippen molar-refractivity contribution >= 4 is 0 Å². The summed E-state index contributed by atoms with van der Waals surface area (Å²) in [6.07, 6.45) is 7.19. The van der Waals surface area contributed by atoms with Gasteiger partial charge < -0.3 is 10.1 Å². The Morgan fingerprint density at radius 1 is 1.33 bits per heavy atom. The zero-order chi connectivity index (χ0) is 10.7. The van der Waals surface area contributed by atoms with Crippen LogP contribution in [0, 0.1) is 17.8 Å². The Labute approximate surface area is 93.8 Å².